The van der Waals surface area contributed by atoms with E-state index >= 15 is 0 Å². The smallest absolute Gasteiger partial charge is 0.00467 e. The zero-order valence-corrected chi connectivity index (χ0v) is 10.6. The lowest BCUT2D eigenvalue weighted by Crippen LogP contribution is -2.24. The van der Waals surface area contributed by atoms with Gasteiger partial charge in [-0.3, -0.25) is 0 Å². The Bertz CT molecular complexity index is 302. The Kier molecular flexibility index (Phi) is 4.34. The van der Waals surface area contributed by atoms with E-state index in [1.165, 1.54) is 11.1 Å². The molecule has 1 heteroatoms. The third-order valence-corrected chi connectivity index (χ3v) is 2.95. The summed E-state index contributed by atoms with van der Waals surface area (Å²) in [5.74, 6) is 1.33. The van der Waals surface area contributed by atoms with Gasteiger partial charge in [0.2, 0.25) is 0 Å². The molecule has 1 unspecified atom stereocenters. The molecule has 0 aliphatic carbocycles. The van der Waals surface area contributed by atoms with Crippen LogP contribution in [0.15, 0.2) is 24.3 Å². The second-order valence-corrected chi connectivity index (χ2v) is 4.97. The molecule has 0 N–H and O–H groups in total. The van der Waals surface area contributed by atoms with Gasteiger partial charge in [-0.1, -0.05) is 38.1 Å². The number of hydrogen-bond donors (Lipinski definition) is 0. The van der Waals surface area contributed by atoms with E-state index in [1.54, 1.807) is 0 Å². The summed E-state index contributed by atoms with van der Waals surface area (Å²) in [6, 6.07) is 8.74. The maximum atomic E-state index is 2.31. The fourth-order valence-corrected chi connectivity index (χ4v) is 2.06. The maximum Gasteiger partial charge on any atom is 0.00467 e. The summed E-state index contributed by atoms with van der Waals surface area (Å²) < 4.78 is 0. The first-order valence-corrected chi connectivity index (χ1v) is 5.72. The fraction of sp³-hybridized carbons (Fsp3) is 0.571. The van der Waals surface area contributed by atoms with Crippen molar-refractivity contribution >= 4 is 0 Å². The van der Waals surface area contributed by atoms with Crippen molar-refractivity contribution in [2.45, 2.75) is 26.7 Å². The molecule has 1 rings (SSSR count). The van der Waals surface area contributed by atoms with Gasteiger partial charge < -0.3 is 4.90 Å². The second kappa shape index (κ2) is 5.32. The molecule has 0 saturated heterocycles. The molecule has 84 valence electrons. The van der Waals surface area contributed by atoms with Crippen LogP contribution in [0.2, 0.25) is 0 Å². The molecule has 0 heterocycles. The van der Waals surface area contributed by atoms with Crippen LogP contribution in [-0.2, 0) is 0 Å². The van der Waals surface area contributed by atoms with Crippen LogP contribution in [-0.4, -0.2) is 25.5 Å². The Morgan fingerprint density at radius 3 is 2.20 bits per heavy atom. The van der Waals surface area contributed by atoms with Crippen LogP contribution in [0.3, 0.4) is 0 Å². The first-order chi connectivity index (χ1) is 7.02. The van der Waals surface area contributed by atoms with Crippen LogP contribution >= 0.6 is 0 Å². The van der Waals surface area contributed by atoms with Gasteiger partial charge in [-0.2, -0.15) is 0 Å². The fourth-order valence-electron chi connectivity index (χ4n) is 2.06. The van der Waals surface area contributed by atoms with Crippen molar-refractivity contribution in [1.82, 2.24) is 4.90 Å². The number of hydrogen-bond acceptors (Lipinski definition) is 1. The molecule has 0 fully saturated rings. The van der Waals surface area contributed by atoms with Gasteiger partial charge >= 0.3 is 0 Å². The summed E-state index contributed by atoms with van der Waals surface area (Å²) in [6.45, 7) is 7.95. The lowest BCUT2D eigenvalue weighted by atomic mass is 9.85. The van der Waals surface area contributed by atoms with E-state index in [2.05, 4.69) is 64.0 Å². The van der Waals surface area contributed by atoms with Gasteiger partial charge in [-0.25, -0.2) is 0 Å². The average Bonchev–Trinajstić information content (AvgIpc) is 2.15. The minimum atomic E-state index is 0.640. The van der Waals surface area contributed by atoms with Crippen molar-refractivity contribution in [3.8, 4) is 0 Å². The molecule has 0 aliphatic heterocycles. The van der Waals surface area contributed by atoms with Crippen molar-refractivity contribution in [3.63, 3.8) is 0 Å². The van der Waals surface area contributed by atoms with Crippen molar-refractivity contribution in [2.75, 3.05) is 20.6 Å². The highest BCUT2D eigenvalue weighted by molar-refractivity contribution is 5.29. The Morgan fingerprint density at radius 1 is 1.13 bits per heavy atom. The van der Waals surface area contributed by atoms with E-state index in [1.807, 2.05) is 0 Å². The van der Waals surface area contributed by atoms with Crippen LogP contribution < -0.4 is 0 Å². The first-order valence-electron chi connectivity index (χ1n) is 5.72. The maximum absolute atomic E-state index is 2.31. The molecular formula is C14H23N. The standard InChI is InChI=1S/C14H23N/c1-11(2)14(10-15(4)5)13-9-7-6-8-12(13)3/h6-9,11,14H,10H2,1-5H3. The molecule has 0 spiro atoms. The van der Waals surface area contributed by atoms with Gasteiger partial charge in [0.25, 0.3) is 0 Å². The molecule has 1 nitrogen and oxygen atoms in total. The largest absolute Gasteiger partial charge is 0.309 e. The van der Waals surface area contributed by atoms with Crippen LogP contribution in [0.1, 0.15) is 30.9 Å². The van der Waals surface area contributed by atoms with E-state index in [4.69, 9.17) is 0 Å². The Hall–Kier alpha value is -0.820. The average molecular weight is 205 g/mol. The summed E-state index contributed by atoms with van der Waals surface area (Å²) in [5, 5.41) is 0. The van der Waals surface area contributed by atoms with Crippen molar-refractivity contribution in [3.05, 3.63) is 35.4 Å². The number of rotatable bonds is 4. The number of aryl methyl sites for hydroxylation is 1. The van der Waals surface area contributed by atoms with E-state index in [-0.39, 0.29) is 0 Å². The molecule has 0 aromatic heterocycles. The monoisotopic (exact) mass is 205 g/mol. The SMILES string of the molecule is Cc1ccccc1C(CN(C)C)C(C)C. The van der Waals surface area contributed by atoms with E-state index in [0.29, 0.717) is 11.8 Å². The van der Waals surface area contributed by atoms with Gasteiger partial charge in [0.15, 0.2) is 0 Å². The quantitative estimate of drug-likeness (QED) is 0.729. The van der Waals surface area contributed by atoms with Gasteiger partial charge in [0, 0.05) is 6.54 Å². The zero-order valence-electron chi connectivity index (χ0n) is 10.6. The minimum absolute atomic E-state index is 0.640. The second-order valence-electron chi connectivity index (χ2n) is 4.97. The number of benzene rings is 1. The predicted octanol–water partition coefficient (Wildman–Crippen LogP) is 3.30. The molecule has 15 heavy (non-hydrogen) atoms. The van der Waals surface area contributed by atoms with Gasteiger partial charge in [0.1, 0.15) is 0 Å². The molecule has 0 amide bonds. The molecular weight excluding hydrogens is 182 g/mol. The summed E-state index contributed by atoms with van der Waals surface area (Å²) in [5.41, 5.74) is 2.92. The molecule has 0 radical (unpaired) electrons. The highest BCUT2D eigenvalue weighted by Crippen LogP contribution is 2.27. The highest BCUT2D eigenvalue weighted by Gasteiger charge is 2.17. The summed E-state index contributed by atoms with van der Waals surface area (Å²) >= 11 is 0. The van der Waals surface area contributed by atoms with Crippen molar-refractivity contribution in [2.24, 2.45) is 5.92 Å². The van der Waals surface area contributed by atoms with Gasteiger partial charge in [-0.05, 0) is 44.0 Å². The number of nitrogens with zero attached hydrogens (tertiary/aromatic N) is 1. The topological polar surface area (TPSA) is 3.24 Å². The van der Waals surface area contributed by atoms with Gasteiger partial charge in [-0.15, -0.1) is 0 Å². The third-order valence-electron chi connectivity index (χ3n) is 2.95. The summed E-state index contributed by atoms with van der Waals surface area (Å²) in [7, 11) is 4.29. The Morgan fingerprint density at radius 2 is 1.73 bits per heavy atom. The van der Waals surface area contributed by atoms with Crippen molar-refractivity contribution < 1.29 is 0 Å². The van der Waals surface area contributed by atoms with Gasteiger partial charge in [0.05, 0.1) is 0 Å². The van der Waals surface area contributed by atoms with E-state index in [0.717, 1.165) is 6.54 Å². The minimum Gasteiger partial charge on any atom is -0.309 e. The van der Waals surface area contributed by atoms with E-state index in [9.17, 15) is 0 Å². The molecule has 0 saturated carbocycles. The lowest BCUT2D eigenvalue weighted by Gasteiger charge is -2.26. The third kappa shape index (κ3) is 3.35. The normalized spacial score (nSPS) is 13.5. The molecule has 0 aliphatic rings. The van der Waals surface area contributed by atoms with Crippen molar-refractivity contribution in [1.29, 1.82) is 0 Å². The van der Waals surface area contributed by atoms with Crippen LogP contribution in [0.4, 0.5) is 0 Å². The summed E-state index contributed by atoms with van der Waals surface area (Å²) in [4.78, 5) is 2.27. The van der Waals surface area contributed by atoms with Crippen LogP contribution in [0, 0.1) is 12.8 Å². The number of likely N-dealkylation sites (N-methyl/N-ethyl adjacent to an activating group) is 1. The first kappa shape index (κ1) is 12.3. The van der Waals surface area contributed by atoms with Crippen LogP contribution in [0.5, 0.6) is 0 Å². The zero-order chi connectivity index (χ0) is 11.4. The Balaban J connectivity index is 2.94. The molecule has 1 aromatic rings. The summed E-state index contributed by atoms with van der Waals surface area (Å²) in [6.07, 6.45) is 0. The highest BCUT2D eigenvalue weighted by atomic mass is 15.1. The molecule has 1 aromatic carbocycles. The lowest BCUT2D eigenvalue weighted by molar-refractivity contribution is 0.329. The predicted molar refractivity (Wildman–Crippen MR) is 67.3 cm³/mol. The van der Waals surface area contributed by atoms with Crippen LogP contribution in [0.25, 0.3) is 0 Å². The molecule has 0 bridgehead atoms. The Labute approximate surface area is 94.1 Å². The van der Waals surface area contributed by atoms with E-state index < -0.39 is 0 Å². The molecule has 1 atom stereocenters.